The highest BCUT2D eigenvalue weighted by atomic mass is 19.4. The summed E-state index contributed by atoms with van der Waals surface area (Å²) in [6.45, 7) is 4.08. The second-order valence-electron chi connectivity index (χ2n) is 9.17. The lowest BCUT2D eigenvalue weighted by Crippen LogP contribution is -2.45. The quantitative estimate of drug-likeness (QED) is 0.275. The molecule has 0 bridgehead atoms. The predicted octanol–water partition coefficient (Wildman–Crippen LogP) is 6.47. The van der Waals surface area contributed by atoms with Crippen molar-refractivity contribution in [2.24, 2.45) is 0 Å². The first-order valence-electron chi connectivity index (χ1n) is 12.3. The van der Waals surface area contributed by atoms with Crippen molar-refractivity contribution in [3.8, 4) is 28.6 Å². The van der Waals surface area contributed by atoms with E-state index in [2.05, 4.69) is 9.80 Å². The number of alkyl halides is 3. The molecule has 0 saturated carbocycles. The van der Waals surface area contributed by atoms with Gasteiger partial charge in [0.1, 0.15) is 5.76 Å². The van der Waals surface area contributed by atoms with E-state index in [1.807, 2.05) is 30.3 Å². The van der Waals surface area contributed by atoms with Crippen LogP contribution in [0.3, 0.4) is 0 Å². The number of ether oxygens (including phenoxy) is 3. The number of methoxy groups -OCH3 is 3. The molecule has 6 nitrogen and oxygen atoms in total. The molecule has 1 aliphatic rings. The SMILES string of the molecule is COc1ccc(N2CCN(Cc3cc(OC)c4oc(-c5ccccc5C(F)(F)F)cc4c3)CC2)cc1OC. The number of benzene rings is 3. The number of furan rings is 1. The van der Waals surface area contributed by atoms with Gasteiger partial charge in [0.25, 0.3) is 0 Å². The van der Waals surface area contributed by atoms with E-state index in [1.165, 1.54) is 19.2 Å². The van der Waals surface area contributed by atoms with Gasteiger partial charge in [0.2, 0.25) is 0 Å². The minimum Gasteiger partial charge on any atom is -0.493 e. The number of anilines is 1. The summed E-state index contributed by atoms with van der Waals surface area (Å²) in [6.07, 6.45) is -4.48. The summed E-state index contributed by atoms with van der Waals surface area (Å²) < 4.78 is 63.0. The maximum absolute atomic E-state index is 13.6. The van der Waals surface area contributed by atoms with Crippen molar-refractivity contribution in [3.63, 3.8) is 0 Å². The van der Waals surface area contributed by atoms with Crippen LogP contribution in [0.25, 0.3) is 22.3 Å². The van der Waals surface area contributed by atoms with Crippen molar-refractivity contribution in [1.82, 2.24) is 4.90 Å². The highest BCUT2D eigenvalue weighted by Crippen LogP contribution is 2.41. The molecule has 38 heavy (non-hydrogen) atoms. The highest BCUT2D eigenvalue weighted by Gasteiger charge is 2.34. The van der Waals surface area contributed by atoms with Gasteiger partial charge in [-0.05, 0) is 42.0 Å². The minimum absolute atomic E-state index is 0.00564. The largest absolute Gasteiger partial charge is 0.493 e. The van der Waals surface area contributed by atoms with Crippen molar-refractivity contribution in [2.75, 3.05) is 52.4 Å². The molecule has 2 heterocycles. The Morgan fingerprint density at radius 3 is 2.18 bits per heavy atom. The fraction of sp³-hybridized carbons (Fsp3) is 0.310. The van der Waals surface area contributed by atoms with Crippen LogP contribution in [0.4, 0.5) is 18.9 Å². The summed E-state index contributed by atoms with van der Waals surface area (Å²) in [5.74, 6) is 2.05. The van der Waals surface area contributed by atoms with Gasteiger partial charge in [-0.25, -0.2) is 0 Å². The third-order valence-electron chi connectivity index (χ3n) is 6.87. The molecular weight excluding hydrogens is 497 g/mol. The van der Waals surface area contributed by atoms with Crippen LogP contribution in [0.15, 0.2) is 65.1 Å². The lowest BCUT2D eigenvalue weighted by atomic mass is 10.0. The Bertz CT molecular complexity index is 1430. The molecule has 0 unspecified atom stereocenters. The third kappa shape index (κ3) is 5.11. The maximum atomic E-state index is 13.6. The third-order valence-corrected chi connectivity index (χ3v) is 6.87. The first-order valence-corrected chi connectivity index (χ1v) is 12.3. The van der Waals surface area contributed by atoms with Crippen molar-refractivity contribution < 1.29 is 31.8 Å². The van der Waals surface area contributed by atoms with Crippen molar-refractivity contribution in [1.29, 1.82) is 0 Å². The molecular formula is C29H29F3N2O4. The first-order chi connectivity index (χ1) is 18.3. The number of piperazine rings is 1. The average Bonchev–Trinajstić information content (AvgIpc) is 3.36. The number of rotatable bonds is 7. The standard InChI is InChI=1S/C29H29F3N2O4/c1-35-24-9-8-21(17-26(24)36-2)34-12-10-33(11-13-34)18-19-14-20-16-25(38-28(20)27(15-19)37-3)22-6-4-5-7-23(22)29(30,31)32/h4-9,14-17H,10-13,18H2,1-3H3. The molecule has 5 rings (SSSR count). The average molecular weight is 527 g/mol. The second-order valence-corrected chi connectivity index (χ2v) is 9.17. The van der Waals surface area contributed by atoms with Crippen molar-refractivity contribution in [3.05, 3.63) is 71.8 Å². The number of halogens is 3. The van der Waals surface area contributed by atoms with Gasteiger partial charge in [0.15, 0.2) is 22.8 Å². The van der Waals surface area contributed by atoms with Crippen LogP contribution in [-0.4, -0.2) is 52.4 Å². The molecule has 0 atom stereocenters. The number of hydrogen-bond donors (Lipinski definition) is 0. The van der Waals surface area contributed by atoms with E-state index in [9.17, 15) is 13.2 Å². The number of nitrogens with zero attached hydrogens (tertiary/aromatic N) is 2. The molecule has 1 fully saturated rings. The Hall–Kier alpha value is -3.85. The Morgan fingerprint density at radius 2 is 1.50 bits per heavy atom. The summed E-state index contributed by atoms with van der Waals surface area (Å²) in [4.78, 5) is 4.65. The molecule has 1 aliphatic heterocycles. The summed E-state index contributed by atoms with van der Waals surface area (Å²) in [7, 11) is 4.78. The highest BCUT2D eigenvalue weighted by molar-refractivity contribution is 5.88. The molecule has 200 valence electrons. The summed E-state index contributed by atoms with van der Waals surface area (Å²) in [5, 5.41) is 0.704. The van der Waals surface area contributed by atoms with E-state index >= 15 is 0 Å². The monoisotopic (exact) mass is 526 g/mol. The second kappa shape index (κ2) is 10.5. The molecule has 9 heteroatoms. The van der Waals surface area contributed by atoms with E-state index in [0.29, 0.717) is 34.8 Å². The zero-order valence-corrected chi connectivity index (χ0v) is 21.5. The Kier molecular flexibility index (Phi) is 7.12. The van der Waals surface area contributed by atoms with Gasteiger partial charge in [-0.2, -0.15) is 13.2 Å². The van der Waals surface area contributed by atoms with Crippen LogP contribution < -0.4 is 19.1 Å². The van der Waals surface area contributed by atoms with E-state index < -0.39 is 11.7 Å². The van der Waals surface area contributed by atoms with Crippen molar-refractivity contribution in [2.45, 2.75) is 12.7 Å². The Labute approximate surface area is 219 Å². The molecule has 0 amide bonds. The number of fused-ring (bicyclic) bond motifs is 1. The fourth-order valence-electron chi connectivity index (χ4n) is 4.95. The molecule has 0 N–H and O–H groups in total. The predicted molar refractivity (Wildman–Crippen MR) is 140 cm³/mol. The minimum atomic E-state index is -4.48. The zero-order valence-electron chi connectivity index (χ0n) is 21.5. The van der Waals surface area contributed by atoms with Crippen molar-refractivity contribution >= 4 is 16.7 Å². The zero-order chi connectivity index (χ0) is 26.9. The van der Waals surface area contributed by atoms with Gasteiger partial charge < -0.3 is 23.5 Å². The summed E-state index contributed by atoms with van der Waals surface area (Å²) >= 11 is 0. The van der Waals surface area contributed by atoms with Crippen LogP contribution >= 0.6 is 0 Å². The smallest absolute Gasteiger partial charge is 0.417 e. The molecule has 4 aromatic rings. The summed E-state index contributed by atoms with van der Waals surface area (Å²) in [6, 6.07) is 16.9. The van der Waals surface area contributed by atoms with Gasteiger partial charge in [0, 0.05) is 55.4 Å². The van der Waals surface area contributed by atoms with E-state index in [4.69, 9.17) is 18.6 Å². The molecule has 0 aliphatic carbocycles. The van der Waals surface area contributed by atoms with Crippen LogP contribution in [0.1, 0.15) is 11.1 Å². The van der Waals surface area contributed by atoms with E-state index in [1.54, 1.807) is 26.4 Å². The van der Waals surface area contributed by atoms with Crippen LogP contribution in [0, 0.1) is 0 Å². The Morgan fingerprint density at radius 1 is 0.789 bits per heavy atom. The molecule has 1 aromatic heterocycles. The van der Waals surface area contributed by atoms with Crippen LogP contribution in [0.2, 0.25) is 0 Å². The fourth-order valence-corrected chi connectivity index (χ4v) is 4.95. The Balaban J connectivity index is 1.34. The first kappa shape index (κ1) is 25.8. The van der Waals surface area contributed by atoms with E-state index in [-0.39, 0.29) is 11.3 Å². The lowest BCUT2D eigenvalue weighted by molar-refractivity contribution is -0.137. The lowest BCUT2D eigenvalue weighted by Gasteiger charge is -2.36. The topological polar surface area (TPSA) is 47.3 Å². The van der Waals surface area contributed by atoms with Gasteiger partial charge in [-0.3, -0.25) is 4.90 Å². The summed E-state index contributed by atoms with van der Waals surface area (Å²) in [5.41, 5.74) is 1.79. The van der Waals surface area contributed by atoms with Gasteiger partial charge in [-0.15, -0.1) is 0 Å². The molecule has 0 radical (unpaired) electrons. The van der Waals surface area contributed by atoms with Gasteiger partial charge >= 0.3 is 6.18 Å². The molecule has 0 spiro atoms. The van der Waals surface area contributed by atoms with Crippen LogP contribution in [0.5, 0.6) is 17.2 Å². The van der Waals surface area contributed by atoms with Gasteiger partial charge in [0.05, 0.1) is 26.9 Å². The number of hydrogen-bond acceptors (Lipinski definition) is 6. The molecule has 1 saturated heterocycles. The van der Waals surface area contributed by atoms with Gasteiger partial charge in [-0.1, -0.05) is 18.2 Å². The molecule has 3 aromatic carbocycles. The maximum Gasteiger partial charge on any atom is 0.417 e. The van der Waals surface area contributed by atoms with E-state index in [0.717, 1.165) is 43.5 Å². The normalized spacial score (nSPS) is 14.6. The van der Waals surface area contributed by atoms with Crippen LogP contribution in [-0.2, 0) is 12.7 Å².